The zero-order valence-corrected chi connectivity index (χ0v) is 17.9. The molecule has 4 aromatic rings. The van der Waals surface area contributed by atoms with Crippen LogP contribution in [0.3, 0.4) is 0 Å². The summed E-state index contributed by atoms with van der Waals surface area (Å²) in [6.07, 6.45) is 0. The van der Waals surface area contributed by atoms with Gasteiger partial charge in [-0.25, -0.2) is 0 Å². The molecule has 4 aromatic carbocycles. The summed E-state index contributed by atoms with van der Waals surface area (Å²) in [5.74, 6) is 0.455. The Kier molecular flexibility index (Phi) is 9.81. The number of phenols is 2. The molecule has 0 amide bonds. The third kappa shape index (κ3) is 8.34. The van der Waals surface area contributed by atoms with E-state index in [1.807, 2.05) is 66.7 Å². The van der Waals surface area contributed by atoms with Gasteiger partial charge in [-0.2, -0.15) is 0 Å². The fourth-order valence-electron chi connectivity index (χ4n) is 2.33. The largest absolute Gasteiger partial charge is 0.507 e. The Bertz CT molecular complexity index is 995. The number of aromatic hydroxyl groups is 2. The van der Waals surface area contributed by atoms with Crippen molar-refractivity contribution in [1.29, 1.82) is 0 Å². The number of para-hydroxylation sites is 4. The van der Waals surface area contributed by atoms with E-state index in [2.05, 4.69) is 0 Å². The molecule has 160 valence electrons. The first kappa shape index (κ1) is 23.7. The standard InChI is InChI=1S/C12H10O2S.C7H9N.C6H8N2/c13-9-5-1-3-7-11(9)15-12-8-4-2-6-10(12)14;8-6-7-4-2-1-3-5-7;7-5-3-1-2-4-6(5)8/h1-8,13-14H;1-5H,6,8H2;1-4H,7-8H2. The van der Waals surface area contributed by atoms with Gasteiger partial charge in [0.2, 0.25) is 0 Å². The number of nitrogen functional groups attached to an aromatic ring is 2. The van der Waals surface area contributed by atoms with Crippen LogP contribution in [-0.4, -0.2) is 10.2 Å². The van der Waals surface area contributed by atoms with Crippen LogP contribution in [0.2, 0.25) is 0 Å². The van der Waals surface area contributed by atoms with Crippen LogP contribution < -0.4 is 17.2 Å². The van der Waals surface area contributed by atoms with Crippen LogP contribution in [-0.2, 0) is 6.54 Å². The second-order valence-electron chi connectivity index (χ2n) is 6.36. The van der Waals surface area contributed by atoms with Crippen molar-refractivity contribution in [2.45, 2.75) is 16.3 Å². The summed E-state index contributed by atoms with van der Waals surface area (Å²) >= 11 is 1.34. The fourth-order valence-corrected chi connectivity index (χ4v) is 3.21. The van der Waals surface area contributed by atoms with E-state index in [9.17, 15) is 10.2 Å². The summed E-state index contributed by atoms with van der Waals surface area (Å²) in [4.78, 5) is 1.47. The van der Waals surface area contributed by atoms with E-state index in [1.165, 1.54) is 17.3 Å². The fraction of sp³-hybridized carbons (Fsp3) is 0.0400. The highest BCUT2D eigenvalue weighted by Gasteiger charge is 2.05. The van der Waals surface area contributed by atoms with Crippen LogP contribution in [0.5, 0.6) is 11.5 Å². The van der Waals surface area contributed by atoms with Gasteiger partial charge in [-0.05, 0) is 42.0 Å². The molecule has 0 atom stereocenters. The molecule has 0 aliphatic rings. The molecular weight excluding hydrogens is 406 g/mol. The van der Waals surface area contributed by atoms with Gasteiger partial charge in [-0.3, -0.25) is 0 Å². The van der Waals surface area contributed by atoms with Crippen molar-refractivity contribution in [2.75, 3.05) is 11.5 Å². The Morgan fingerprint density at radius 3 is 1.29 bits per heavy atom. The number of hydrogen-bond acceptors (Lipinski definition) is 6. The second kappa shape index (κ2) is 12.8. The maximum absolute atomic E-state index is 9.56. The summed E-state index contributed by atoms with van der Waals surface area (Å²) in [5, 5.41) is 19.1. The van der Waals surface area contributed by atoms with E-state index in [1.54, 1.807) is 36.4 Å². The zero-order chi connectivity index (χ0) is 22.5. The number of hydrogen-bond donors (Lipinski definition) is 5. The topological polar surface area (TPSA) is 119 Å². The molecule has 0 aliphatic carbocycles. The smallest absolute Gasteiger partial charge is 0.129 e. The first-order chi connectivity index (χ1) is 15.0. The first-order valence-electron chi connectivity index (χ1n) is 9.59. The number of phenolic OH excluding ortho intramolecular Hbond substituents is 2. The lowest BCUT2D eigenvalue weighted by molar-refractivity contribution is 0.460. The van der Waals surface area contributed by atoms with Crippen LogP contribution in [0.15, 0.2) is 113 Å². The Balaban J connectivity index is 0.000000181. The van der Waals surface area contributed by atoms with Gasteiger partial charge in [-0.15, -0.1) is 0 Å². The summed E-state index contributed by atoms with van der Waals surface area (Å²) in [5.41, 5.74) is 18.6. The van der Waals surface area contributed by atoms with Crippen LogP contribution >= 0.6 is 11.8 Å². The molecule has 0 radical (unpaired) electrons. The Morgan fingerprint density at radius 2 is 0.935 bits per heavy atom. The Morgan fingerprint density at radius 1 is 0.548 bits per heavy atom. The summed E-state index contributed by atoms with van der Waals surface area (Å²) in [6, 6.07) is 31.4. The molecule has 0 aliphatic heterocycles. The molecule has 5 nitrogen and oxygen atoms in total. The molecule has 0 saturated carbocycles. The SMILES string of the molecule is NCc1ccccc1.Nc1ccccc1N.Oc1ccccc1Sc1ccccc1O. The lowest BCUT2D eigenvalue weighted by atomic mass is 10.2. The van der Waals surface area contributed by atoms with Crippen LogP contribution in [0.1, 0.15) is 5.56 Å². The van der Waals surface area contributed by atoms with Crippen molar-refractivity contribution in [1.82, 2.24) is 0 Å². The highest BCUT2D eigenvalue weighted by molar-refractivity contribution is 7.99. The Hall–Kier alpha value is -3.61. The van der Waals surface area contributed by atoms with Gasteiger partial charge in [0.25, 0.3) is 0 Å². The molecule has 0 saturated heterocycles. The highest BCUT2D eigenvalue weighted by Crippen LogP contribution is 2.37. The van der Waals surface area contributed by atoms with E-state index >= 15 is 0 Å². The molecule has 0 unspecified atom stereocenters. The average Bonchev–Trinajstić information content (AvgIpc) is 2.80. The van der Waals surface area contributed by atoms with E-state index in [-0.39, 0.29) is 11.5 Å². The van der Waals surface area contributed by atoms with Crippen molar-refractivity contribution < 1.29 is 10.2 Å². The second-order valence-corrected chi connectivity index (χ2v) is 7.44. The summed E-state index contributed by atoms with van der Waals surface area (Å²) < 4.78 is 0. The lowest BCUT2D eigenvalue weighted by Gasteiger charge is -2.05. The molecule has 0 spiro atoms. The van der Waals surface area contributed by atoms with E-state index in [0.717, 1.165) is 9.79 Å². The van der Waals surface area contributed by atoms with Crippen LogP contribution in [0, 0.1) is 0 Å². The number of nitrogens with two attached hydrogens (primary N) is 3. The quantitative estimate of drug-likeness (QED) is 0.282. The van der Waals surface area contributed by atoms with Crippen molar-refractivity contribution in [3.8, 4) is 11.5 Å². The van der Waals surface area contributed by atoms with Crippen LogP contribution in [0.4, 0.5) is 11.4 Å². The molecule has 4 rings (SSSR count). The summed E-state index contributed by atoms with van der Waals surface area (Å²) in [7, 11) is 0. The maximum atomic E-state index is 9.56. The molecule has 0 bridgehead atoms. The van der Waals surface area contributed by atoms with Crippen molar-refractivity contribution in [3.05, 3.63) is 109 Å². The predicted molar refractivity (Wildman–Crippen MR) is 130 cm³/mol. The minimum Gasteiger partial charge on any atom is -0.507 e. The van der Waals surface area contributed by atoms with E-state index in [0.29, 0.717) is 17.9 Å². The molecule has 0 heterocycles. The molecule has 8 N–H and O–H groups in total. The Labute approximate surface area is 187 Å². The number of anilines is 2. The van der Waals surface area contributed by atoms with Gasteiger partial charge in [0, 0.05) is 6.54 Å². The maximum Gasteiger partial charge on any atom is 0.129 e. The third-order valence-electron chi connectivity index (χ3n) is 4.02. The van der Waals surface area contributed by atoms with Gasteiger partial charge in [0.15, 0.2) is 0 Å². The normalized spacial score (nSPS) is 9.58. The minimum atomic E-state index is 0.228. The first-order valence-corrected chi connectivity index (χ1v) is 10.4. The van der Waals surface area contributed by atoms with Gasteiger partial charge in [-0.1, -0.05) is 78.5 Å². The third-order valence-corrected chi connectivity index (χ3v) is 5.16. The predicted octanol–water partition coefficient (Wildman–Crippen LogP) is 5.25. The van der Waals surface area contributed by atoms with Gasteiger partial charge >= 0.3 is 0 Å². The minimum absolute atomic E-state index is 0.228. The molecular formula is C25H27N3O2S. The van der Waals surface area contributed by atoms with Crippen molar-refractivity contribution in [3.63, 3.8) is 0 Å². The molecule has 0 aromatic heterocycles. The van der Waals surface area contributed by atoms with Crippen molar-refractivity contribution >= 4 is 23.1 Å². The van der Waals surface area contributed by atoms with Crippen molar-refractivity contribution in [2.24, 2.45) is 5.73 Å². The molecule has 31 heavy (non-hydrogen) atoms. The zero-order valence-electron chi connectivity index (χ0n) is 17.1. The number of benzene rings is 4. The van der Waals surface area contributed by atoms with Gasteiger partial charge in [0.05, 0.1) is 21.2 Å². The van der Waals surface area contributed by atoms with Gasteiger partial charge < -0.3 is 27.4 Å². The van der Waals surface area contributed by atoms with E-state index < -0.39 is 0 Å². The number of rotatable bonds is 3. The van der Waals surface area contributed by atoms with Gasteiger partial charge in [0.1, 0.15) is 11.5 Å². The molecule has 0 fully saturated rings. The average molecular weight is 434 g/mol. The van der Waals surface area contributed by atoms with E-state index in [4.69, 9.17) is 17.2 Å². The summed E-state index contributed by atoms with van der Waals surface area (Å²) in [6.45, 7) is 0.640. The lowest BCUT2D eigenvalue weighted by Crippen LogP contribution is -1.94. The molecule has 6 heteroatoms. The van der Waals surface area contributed by atoms with Crippen LogP contribution in [0.25, 0.3) is 0 Å². The highest BCUT2D eigenvalue weighted by atomic mass is 32.2. The monoisotopic (exact) mass is 433 g/mol.